The Balaban J connectivity index is 1.47. The van der Waals surface area contributed by atoms with Gasteiger partial charge < -0.3 is 43.0 Å². The molecular weight excluding hydrogens is 614 g/mol. The number of imidazole rings is 1. The van der Waals surface area contributed by atoms with Crippen LogP contribution < -0.4 is 38.5 Å². The lowest BCUT2D eigenvalue weighted by atomic mass is 10.1. The van der Waals surface area contributed by atoms with Crippen molar-refractivity contribution in [2.75, 3.05) is 56.3 Å². The maximum Gasteiger partial charge on any atom is 0.251 e. The molecule has 11 nitrogen and oxygen atoms in total. The number of amides is 1. The van der Waals surface area contributed by atoms with Crippen LogP contribution in [0.1, 0.15) is 21.5 Å². The number of aryl methyl sites for hydroxylation is 2. The number of ether oxygens (including phenoxy) is 7. The largest absolute Gasteiger partial charge is 0.497 e. The van der Waals surface area contributed by atoms with E-state index in [1.165, 1.54) is 0 Å². The third-order valence-electron chi connectivity index (χ3n) is 8.12. The van der Waals surface area contributed by atoms with E-state index in [-0.39, 0.29) is 5.91 Å². The number of methoxy groups -OCH3 is 7. The highest BCUT2D eigenvalue weighted by Gasteiger charge is 2.20. The van der Waals surface area contributed by atoms with Gasteiger partial charge in [0.1, 0.15) is 17.3 Å². The van der Waals surface area contributed by atoms with Gasteiger partial charge in [0.2, 0.25) is 5.75 Å². The molecule has 5 aromatic rings. The number of hydrogen-bond donors (Lipinski definition) is 1. The monoisotopic (exact) mass is 655 g/mol. The van der Waals surface area contributed by atoms with Crippen LogP contribution in [0.2, 0.25) is 0 Å². The summed E-state index contributed by atoms with van der Waals surface area (Å²) in [5.74, 6) is 4.74. The number of aromatic nitrogens is 2. The smallest absolute Gasteiger partial charge is 0.251 e. The van der Waals surface area contributed by atoms with E-state index in [9.17, 15) is 4.79 Å². The Morgan fingerprint density at radius 1 is 0.646 bits per heavy atom. The number of rotatable bonds is 15. The number of hydrogen-bond acceptors (Lipinski definition) is 9. The molecule has 1 aromatic heterocycles. The lowest BCUT2D eigenvalue weighted by Crippen LogP contribution is -2.25. The van der Waals surface area contributed by atoms with Crippen LogP contribution in [-0.2, 0) is 19.4 Å². The number of carbonyl (C=O) groups is 1. The molecule has 1 heterocycles. The Hall–Kier alpha value is -5.58. The molecule has 5 rings (SSSR count). The average molecular weight is 656 g/mol. The molecule has 1 amide bonds. The molecule has 0 unspecified atom stereocenters. The first-order chi connectivity index (χ1) is 23.3. The van der Waals surface area contributed by atoms with Gasteiger partial charge in [-0.1, -0.05) is 6.07 Å². The summed E-state index contributed by atoms with van der Waals surface area (Å²) in [6.45, 7) is 1.02. The minimum atomic E-state index is -0.194. The number of carbonyl (C=O) groups excluding carboxylic acids is 1. The molecule has 0 aliphatic heterocycles. The van der Waals surface area contributed by atoms with Gasteiger partial charge in [0, 0.05) is 30.3 Å². The van der Waals surface area contributed by atoms with E-state index < -0.39 is 0 Å². The van der Waals surface area contributed by atoms with Gasteiger partial charge in [-0.3, -0.25) is 4.79 Å². The maximum absolute atomic E-state index is 13.3. The first-order valence-corrected chi connectivity index (χ1v) is 15.4. The number of nitrogens with one attached hydrogen (secondary N) is 1. The second-order valence-electron chi connectivity index (χ2n) is 10.9. The first-order valence-electron chi connectivity index (χ1n) is 15.4. The van der Waals surface area contributed by atoms with Gasteiger partial charge in [-0.05, 0) is 78.6 Å². The molecule has 1 N–H and O–H groups in total. The normalized spacial score (nSPS) is 10.8. The van der Waals surface area contributed by atoms with E-state index in [4.69, 9.17) is 38.1 Å². The Morgan fingerprint density at radius 3 is 1.92 bits per heavy atom. The molecule has 0 saturated carbocycles. The Labute approximate surface area is 280 Å². The second kappa shape index (κ2) is 15.3. The van der Waals surface area contributed by atoms with Gasteiger partial charge in [-0.2, -0.15) is 0 Å². The molecule has 0 radical (unpaired) electrons. The topological polar surface area (TPSA) is 112 Å². The molecule has 0 saturated heterocycles. The third kappa shape index (κ3) is 7.20. The van der Waals surface area contributed by atoms with E-state index in [0.29, 0.717) is 83.1 Å². The van der Waals surface area contributed by atoms with Crippen LogP contribution in [0.25, 0.3) is 22.4 Å². The quantitative estimate of drug-likeness (QED) is 0.146. The molecule has 0 aliphatic rings. The Morgan fingerprint density at radius 2 is 1.31 bits per heavy atom. The van der Waals surface area contributed by atoms with Crippen LogP contribution in [0, 0.1) is 0 Å². The fraction of sp³-hybridized carbons (Fsp3) is 0.297. The van der Waals surface area contributed by atoms with Crippen LogP contribution in [0.5, 0.6) is 40.2 Å². The van der Waals surface area contributed by atoms with Crippen molar-refractivity contribution in [1.29, 1.82) is 0 Å². The van der Waals surface area contributed by atoms with Crippen molar-refractivity contribution in [3.63, 3.8) is 0 Å². The standard InChI is InChI=1S/C37H41N3O8/c1-42-27-16-24(17-28(22-27)43-2)12-14-38-37(41)25-9-10-30-29(19-25)39-36(26-20-33(46-5)35(48-7)34(21-26)47-6)40(30)15-13-23-8-11-31(44-3)32(18-23)45-4/h8-11,16-22H,12-15H2,1-7H3,(H,38,41). The van der Waals surface area contributed by atoms with Crippen LogP contribution in [0.15, 0.2) is 66.7 Å². The minimum absolute atomic E-state index is 0.194. The molecule has 0 atom stereocenters. The number of benzene rings is 4. The fourth-order valence-electron chi connectivity index (χ4n) is 5.64. The fourth-order valence-corrected chi connectivity index (χ4v) is 5.64. The average Bonchev–Trinajstić information content (AvgIpc) is 3.50. The van der Waals surface area contributed by atoms with E-state index in [1.807, 2.05) is 66.7 Å². The Kier molecular flexibility index (Phi) is 10.8. The zero-order valence-corrected chi connectivity index (χ0v) is 28.3. The summed E-state index contributed by atoms with van der Waals surface area (Å²) in [7, 11) is 11.2. The van der Waals surface area contributed by atoms with Crippen molar-refractivity contribution in [2.24, 2.45) is 0 Å². The number of nitrogens with zero attached hydrogens (tertiary/aromatic N) is 2. The summed E-state index contributed by atoms with van der Waals surface area (Å²) in [5.41, 5.74) is 4.88. The van der Waals surface area contributed by atoms with Crippen LogP contribution in [0.4, 0.5) is 0 Å². The van der Waals surface area contributed by atoms with E-state index in [0.717, 1.165) is 22.2 Å². The second-order valence-corrected chi connectivity index (χ2v) is 10.9. The molecule has 48 heavy (non-hydrogen) atoms. The summed E-state index contributed by atoms with van der Waals surface area (Å²) in [4.78, 5) is 18.3. The third-order valence-corrected chi connectivity index (χ3v) is 8.12. The molecule has 4 aromatic carbocycles. The van der Waals surface area contributed by atoms with Crippen molar-refractivity contribution >= 4 is 16.9 Å². The predicted molar refractivity (Wildman–Crippen MR) is 184 cm³/mol. The van der Waals surface area contributed by atoms with Gasteiger partial charge in [0.05, 0.1) is 60.8 Å². The van der Waals surface area contributed by atoms with Gasteiger partial charge in [-0.15, -0.1) is 0 Å². The lowest BCUT2D eigenvalue weighted by Gasteiger charge is -2.15. The Bertz CT molecular complexity index is 1850. The molecular formula is C37H41N3O8. The van der Waals surface area contributed by atoms with Crippen molar-refractivity contribution in [3.05, 3.63) is 83.4 Å². The molecule has 0 aliphatic carbocycles. The number of fused-ring (bicyclic) bond motifs is 1. The van der Waals surface area contributed by atoms with Crippen LogP contribution >= 0.6 is 0 Å². The highest BCUT2D eigenvalue weighted by Crippen LogP contribution is 2.41. The summed E-state index contributed by atoms with van der Waals surface area (Å²) >= 11 is 0. The van der Waals surface area contributed by atoms with E-state index in [2.05, 4.69) is 9.88 Å². The molecule has 0 fully saturated rings. The van der Waals surface area contributed by atoms with Gasteiger partial charge in [0.15, 0.2) is 23.0 Å². The van der Waals surface area contributed by atoms with Gasteiger partial charge >= 0.3 is 0 Å². The van der Waals surface area contributed by atoms with Gasteiger partial charge in [0.25, 0.3) is 5.91 Å². The highest BCUT2D eigenvalue weighted by atomic mass is 16.5. The molecule has 0 bridgehead atoms. The summed E-state index contributed by atoms with van der Waals surface area (Å²) < 4.78 is 40.7. The van der Waals surface area contributed by atoms with Crippen molar-refractivity contribution in [1.82, 2.24) is 14.9 Å². The lowest BCUT2D eigenvalue weighted by molar-refractivity contribution is 0.0954. The summed E-state index contributed by atoms with van der Waals surface area (Å²) in [6.07, 6.45) is 1.29. The van der Waals surface area contributed by atoms with E-state index >= 15 is 0 Å². The molecule has 11 heteroatoms. The van der Waals surface area contributed by atoms with Crippen LogP contribution in [-0.4, -0.2) is 71.8 Å². The SMILES string of the molecule is COc1cc(CCNC(=O)c2ccc3c(c2)nc(-c2cc(OC)c(OC)c(OC)c2)n3CCc2ccc(OC)c(OC)c2)cc(OC)c1. The highest BCUT2D eigenvalue weighted by molar-refractivity contribution is 5.98. The zero-order valence-electron chi connectivity index (χ0n) is 28.3. The van der Waals surface area contributed by atoms with E-state index in [1.54, 1.807) is 49.8 Å². The summed E-state index contributed by atoms with van der Waals surface area (Å²) in [5, 5.41) is 3.03. The zero-order chi connectivity index (χ0) is 34.2. The minimum Gasteiger partial charge on any atom is -0.497 e. The van der Waals surface area contributed by atoms with Gasteiger partial charge in [-0.25, -0.2) is 4.98 Å². The summed E-state index contributed by atoms with van der Waals surface area (Å²) in [6, 6.07) is 20.9. The first kappa shape index (κ1) is 33.8. The van der Waals surface area contributed by atoms with Crippen LogP contribution in [0.3, 0.4) is 0 Å². The molecule has 252 valence electrons. The van der Waals surface area contributed by atoms with Crippen molar-refractivity contribution < 1.29 is 38.0 Å². The van der Waals surface area contributed by atoms with Crippen molar-refractivity contribution in [3.8, 4) is 51.6 Å². The van der Waals surface area contributed by atoms with Crippen molar-refractivity contribution in [2.45, 2.75) is 19.4 Å². The predicted octanol–water partition coefficient (Wildman–Crippen LogP) is 5.98. The maximum atomic E-state index is 13.3. The molecule has 0 spiro atoms.